The second-order valence-electron chi connectivity index (χ2n) is 7.43. The first kappa shape index (κ1) is 22.1. The van der Waals surface area contributed by atoms with Crippen molar-refractivity contribution >= 4 is 57.5 Å². The van der Waals surface area contributed by atoms with Crippen LogP contribution in [0.15, 0.2) is 46.3 Å². The summed E-state index contributed by atoms with van der Waals surface area (Å²) in [6, 6.07) is 10.4. The summed E-state index contributed by atoms with van der Waals surface area (Å²) >= 11 is 13.5. The maximum Gasteiger partial charge on any atom is 0.262 e. The number of aromatic nitrogens is 2. The van der Waals surface area contributed by atoms with E-state index in [1.807, 2.05) is 13.0 Å². The van der Waals surface area contributed by atoms with Gasteiger partial charge in [-0.15, -0.1) is 0 Å². The van der Waals surface area contributed by atoms with Gasteiger partial charge in [0, 0.05) is 11.6 Å². The zero-order chi connectivity index (χ0) is 22.0. The molecular weight excluding hydrogens is 457 g/mol. The average molecular weight is 478 g/mol. The van der Waals surface area contributed by atoms with Crippen LogP contribution < -0.4 is 10.9 Å². The molecule has 1 aliphatic rings. The third kappa shape index (κ3) is 5.23. The van der Waals surface area contributed by atoms with Gasteiger partial charge >= 0.3 is 0 Å². The molecule has 3 aromatic rings. The molecule has 1 aromatic heterocycles. The lowest BCUT2D eigenvalue weighted by Gasteiger charge is -2.16. The summed E-state index contributed by atoms with van der Waals surface area (Å²) in [7, 11) is 0. The van der Waals surface area contributed by atoms with Crippen molar-refractivity contribution in [2.75, 3.05) is 17.7 Å². The quantitative estimate of drug-likeness (QED) is 0.402. The number of hydrogen-bond acceptors (Lipinski definition) is 5. The Kier molecular flexibility index (Phi) is 6.86. The lowest BCUT2D eigenvalue weighted by atomic mass is 10.2. The number of nitrogens with one attached hydrogen (secondary N) is 1. The largest absolute Gasteiger partial charge is 0.376 e. The Bertz CT molecular complexity index is 1190. The van der Waals surface area contributed by atoms with Crippen molar-refractivity contribution in [1.29, 1.82) is 0 Å². The number of anilines is 1. The van der Waals surface area contributed by atoms with Gasteiger partial charge in [-0.05, 0) is 55.7 Å². The van der Waals surface area contributed by atoms with Gasteiger partial charge in [0.1, 0.15) is 0 Å². The lowest BCUT2D eigenvalue weighted by molar-refractivity contribution is -0.113. The van der Waals surface area contributed by atoms with E-state index in [-0.39, 0.29) is 23.3 Å². The molecule has 4 rings (SSSR count). The molecule has 0 bridgehead atoms. The fourth-order valence-corrected chi connectivity index (χ4v) is 4.73. The number of amides is 1. The number of ether oxygens (including phenoxy) is 1. The van der Waals surface area contributed by atoms with Crippen LogP contribution in [0.3, 0.4) is 0 Å². The van der Waals surface area contributed by atoms with Gasteiger partial charge < -0.3 is 10.1 Å². The van der Waals surface area contributed by atoms with Crippen LogP contribution >= 0.6 is 35.0 Å². The Hall–Kier alpha value is -2.06. The first-order chi connectivity index (χ1) is 14.9. The molecule has 1 atom stereocenters. The van der Waals surface area contributed by atoms with E-state index < -0.39 is 0 Å². The predicted octanol–water partition coefficient (Wildman–Crippen LogP) is 4.92. The van der Waals surface area contributed by atoms with Gasteiger partial charge in [0.2, 0.25) is 5.91 Å². The summed E-state index contributed by atoms with van der Waals surface area (Å²) in [5.41, 5.74) is 1.90. The molecule has 0 aliphatic carbocycles. The number of benzene rings is 2. The summed E-state index contributed by atoms with van der Waals surface area (Å²) in [5, 5.41) is 4.73. The van der Waals surface area contributed by atoms with E-state index in [2.05, 4.69) is 10.3 Å². The number of fused-ring (bicyclic) bond motifs is 1. The Labute approximate surface area is 193 Å². The van der Waals surface area contributed by atoms with Crippen molar-refractivity contribution in [3.8, 4) is 0 Å². The van der Waals surface area contributed by atoms with Gasteiger partial charge in [-0.1, -0.05) is 41.0 Å². The number of carbonyl (C=O) groups excluding carboxylic acids is 1. The standard InChI is InChI=1S/C22H21Cl2N3O3S/c1-13-4-7-18(17(24)9-13)25-20(28)12-31-22-26-19-10-14(23)5-6-16(19)21(29)27(22)11-15-3-2-8-30-15/h4-7,9-10,15H,2-3,8,11-12H2,1H3,(H,25,28). The second-order valence-corrected chi connectivity index (χ2v) is 9.21. The van der Waals surface area contributed by atoms with Crippen LogP contribution in [0, 0.1) is 6.92 Å². The number of aryl methyl sites for hydroxylation is 1. The molecule has 2 heterocycles. The molecule has 1 fully saturated rings. The van der Waals surface area contributed by atoms with E-state index >= 15 is 0 Å². The van der Waals surface area contributed by atoms with Gasteiger partial charge in [0.25, 0.3) is 5.56 Å². The molecule has 0 radical (unpaired) electrons. The summed E-state index contributed by atoms with van der Waals surface area (Å²) in [4.78, 5) is 30.3. The lowest BCUT2D eigenvalue weighted by Crippen LogP contribution is -2.29. The van der Waals surface area contributed by atoms with Crippen molar-refractivity contribution < 1.29 is 9.53 Å². The van der Waals surface area contributed by atoms with Crippen LogP contribution in [0.4, 0.5) is 5.69 Å². The van der Waals surface area contributed by atoms with Crippen molar-refractivity contribution in [3.05, 3.63) is 62.4 Å². The van der Waals surface area contributed by atoms with Gasteiger partial charge in [0.05, 0.1) is 40.0 Å². The SMILES string of the molecule is Cc1ccc(NC(=O)CSc2nc3cc(Cl)ccc3c(=O)n2CC2CCCO2)c(Cl)c1. The highest BCUT2D eigenvalue weighted by Gasteiger charge is 2.21. The first-order valence-electron chi connectivity index (χ1n) is 9.91. The Morgan fingerprint density at radius 2 is 2.13 bits per heavy atom. The monoisotopic (exact) mass is 477 g/mol. The number of thioether (sulfide) groups is 1. The number of carbonyl (C=O) groups is 1. The Morgan fingerprint density at radius 3 is 2.87 bits per heavy atom. The zero-order valence-corrected chi connectivity index (χ0v) is 19.2. The molecule has 1 amide bonds. The number of hydrogen-bond donors (Lipinski definition) is 1. The third-order valence-corrected chi connectivity index (χ3v) is 6.55. The predicted molar refractivity (Wildman–Crippen MR) is 126 cm³/mol. The van der Waals surface area contributed by atoms with E-state index in [9.17, 15) is 9.59 Å². The van der Waals surface area contributed by atoms with Gasteiger partial charge in [-0.3, -0.25) is 14.2 Å². The number of nitrogens with zero attached hydrogens (tertiary/aromatic N) is 2. The Morgan fingerprint density at radius 1 is 1.29 bits per heavy atom. The molecule has 162 valence electrons. The third-order valence-electron chi connectivity index (χ3n) is 5.02. The number of halogens is 2. The molecule has 1 saturated heterocycles. The Balaban J connectivity index is 1.58. The van der Waals surface area contributed by atoms with Crippen molar-refractivity contribution in [2.45, 2.75) is 37.6 Å². The molecule has 31 heavy (non-hydrogen) atoms. The highest BCUT2D eigenvalue weighted by molar-refractivity contribution is 7.99. The summed E-state index contributed by atoms with van der Waals surface area (Å²) in [5.74, 6) is -0.159. The van der Waals surface area contributed by atoms with Gasteiger partial charge in [0.15, 0.2) is 5.16 Å². The minimum Gasteiger partial charge on any atom is -0.376 e. The first-order valence-corrected chi connectivity index (χ1v) is 11.7. The molecular formula is C22H21Cl2N3O3S. The van der Waals surface area contributed by atoms with Crippen LogP contribution in [0.2, 0.25) is 10.0 Å². The molecule has 2 aromatic carbocycles. The molecule has 0 spiro atoms. The maximum atomic E-state index is 13.2. The van der Waals surface area contributed by atoms with E-state index in [0.29, 0.717) is 44.9 Å². The van der Waals surface area contributed by atoms with Crippen molar-refractivity contribution in [3.63, 3.8) is 0 Å². The van der Waals surface area contributed by atoms with E-state index in [4.69, 9.17) is 27.9 Å². The van der Waals surface area contributed by atoms with Crippen LogP contribution in [-0.2, 0) is 16.1 Å². The summed E-state index contributed by atoms with van der Waals surface area (Å²) < 4.78 is 7.31. The molecule has 1 N–H and O–H groups in total. The molecule has 6 nitrogen and oxygen atoms in total. The molecule has 9 heteroatoms. The summed E-state index contributed by atoms with van der Waals surface area (Å²) in [6.45, 7) is 3.02. The molecule has 0 saturated carbocycles. The molecule has 1 unspecified atom stereocenters. The van der Waals surface area contributed by atoms with Crippen LogP contribution in [0.1, 0.15) is 18.4 Å². The van der Waals surface area contributed by atoms with Gasteiger partial charge in [-0.25, -0.2) is 4.98 Å². The average Bonchev–Trinajstić information content (AvgIpc) is 3.24. The highest BCUT2D eigenvalue weighted by atomic mass is 35.5. The molecule has 1 aliphatic heterocycles. The minimum atomic E-state index is -0.236. The van der Waals surface area contributed by atoms with Gasteiger partial charge in [-0.2, -0.15) is 0 Å². The second kappa shape index (κ2) is 9.61. The summed E-state index contributed by atoms with van der Waals surface area (Å²) in [6.07, 6.45) is 1.82. The smallest absolute Gasteiger partial charge is 0.262 e. The minimum absolute atomic E-state index is 0.0382. The maximum absolute atomic E-state index is 13.2. The highest BCUT2D eigenvalue weighted by Crippen LogP contribution is 2.25. The van der Waals surface area contributed by atoms with E-state index in [1.165, 1.54) is 11.8 Å². The van der Waals surface area contributed by atoms with Crippen LogP contribution in [0.25, 0.3) is 10.9 Å². The van der Waals surface area contributed by atoms with Crippen LogP contribution in [-0.4, -0.2) is 33.9 Å². The topological polar surface area (TPSA) is 73.2 Å². The zero-order valence-electron chi connectivity index (χ0n) is 16.9. The fourth-order valence-electron chi connectivity index (χ4n) is 3.47. The van der Waals surface area contributed by atoms with E-state index in [1.54, 1.807) is 34.9 Å². The van der Waals surface area contributed by atoms with Crippen molar-refractivity contribution in [1.82, 2.24) is 9.55 Å². The van der Waals surface area contributed by atoms with Crippen LogP contribution in [0.5, 0.6) is 0 Å². The fraction of sp³-hybridized carbons (Fsp3) is 0.318. The number of rotatable bonds is 6. The van der Waals surface area contributed by atoms with E-state index in [0.717, 1.165) is 18.4 Å². The normalized spacial score (nSPS) is 16.0. The van der Waals surface area contributed by atoms with Crippen molar-refractivity contribution in [2.24, 2.45) is 0 Å².